The minimum atomic E-state index is -0.152. The molecule has 1 fully saturated rings. The zero-order valence-corrected chi connectivity index (χ0v) is 17.0. The maximum atomic E-state index is 12.6. The summed E-state index contributed by atoms with van der Waals surface area (Å²) in [5, 5.41) is 3.17. The molecular formula is C19H19BrN4OS. The number of anilines is 1. The van der Waals surface area contributed by atoms with Gasteiger partial charge in [0, 0.05) is 36.1 Å². The van der Waals surface area contributed by atoms with Crippen LogP contribution in [0.25, 0.3) is 21.3 Å². The van der Waals surface area contributed by atoms with Gasteiger partial charge in [0.1, 0.15) is 23.0 Å². The summed E-state index contributed by atoms with van der Waals surface area (Å²) in [6, 6.07) is 8.11. The summed E-state index contributed by atoms with van der Waals surface area (Å²) in [5.74, 6) is 1.00. The summed E-state index contributed by atoms with van der Waals surface area (Å²) in [6.07, 6.45) is 3.46. The minimum Gasteiger partial charge on any atom is -0.347 e. The van der Waals surface area contributed by atoms with E-state index in [1.165, 1.54) is 0 Å². The summed E-state index contributed by atoms with van der Waals surface area (Å²) < 4.78 is 1.05. The Labute approximate surface area is 164 Å². The number of halogens is 1. The molecule has 2 aromatic heterocycles. The van der Waals surface area contributed by atoms with Crippen LogP contribution in [0, 0.1) is 0 Å². The van der Waals surface area contributed by atoms with Crippen molar-refractivity contribution in [3.63, 3.8) is 0 Å². The Kier molecular flexibility index (Phi) is 4.67. The monoisotopic (exact) mass is 430 g/mol. The molecule has 0 aliphatic carbocycles. The van der Waals surface area contributed by atoms with Crippen LogP contribution >= 0.6 is 27.3 Å². The van der Waals surface area contributed by atoms with Crippen LogP contribution in [-0.4, -0.2) is 47.5 Å². The molecule has 1 atom stereocenters. The number of benzene rings is 1. The number of fused-ring (bicyclic) bond motifs is 1. The van der Waals surface area contributed by atoms with E-state index in [9.17, 15) is 4.79 Å². The van der Waals surface area contributed by atoms with E-state index in [0.717, 1.165) is 51.0 Å². The van der Waals surface area contributed by atoms with E-state index in [4.69, 9.17) is 0 Å². The van der Waals surface area contributed by atoms with E-state index in [0.29, 0.717) is 0 Å². The molecule has 1 aliphatic rings. The average Bonchev–Trinajstić information content (AvgIpc) is 3.28. The highest BCUT2D eigenvalue weighted by Crippen LogP contribution is 2.40. The maximum absolute atomic E-state index is 12.6. The second-order valence-electron chi connectivity index (χ2n) is 6.62. The summed E-state index contributed by atoms with van der Waals surface area (Å²) >= 11 is 5.11. The molecule has 3 aromatic rings. The van der Waals surface area contributed by atoms with Crippen molar-refractivity contribution in [2.75, 3.05) is 25.5 Å². The van der Waals surface area contributed by atoms with Crippen LogP contribution in [0.1, 0.15) is 12.8 Å². The zero-order chi connectivity index (χ0) is 18.3. The molecule has 0 N–H and O–H groups in total. The Morgan fingerprint density at radius 1 is 1.27 bits per heavy atom. The van der Waals surface area contributed by atoms with Gasteiger partial charge in [0.05, 0.1) is 5.39 Å². The van der Waals surface area contributed by atoms with Crippen molar-refractivity contribution < 1.29 is 4.79 Å². The smallest absolute Gasteiger partial charge is 0.244 e. The van der Waals surface area contributed by atoms with Gasteiger partial charge in [-0.3, -0.25) is 4.79 Å². The van der Waals surface area contributed by atoms with Gasteiger partial charge in [-0.25, -0.2) is 9.97 Å². The highest BCUT2D eigenvalue weighted by atomic mass is 79.9. The number of hydrogen-bond acceptors (Lipinski definition) is 5. The number of nitrogens with zero attached hydrogens (tertiary/aromatic N) is 4. The summed E-state index contributed by atoms with van der Waals surface area (Å²) in [6.45, 7) is 0.839. The Hall–Kier alpha value is -1.99. The number of rotatable bonds is 3. The van der Waals surface area contributed by atoms with Crippen LogP contribution in [-0.2, 0) is 4.79 Å². The second kappa shape index (κ2) is 6.96. The molecular weight excluding hydrogens is 412 g/mol. The molecule has 0 radical (unpaired) electrons. The second-order valence-corrected chi connectivity index (χ2v) is 8.39. The number of carbonyl (C=O) groups is 1. The lowest BCUT2D eigenvalue weighted by Crippen LogP contribution is -2.43. The van der Waals surface area contributed by atoms with E-state index in [2.05, 4.69) is 48.3 Å². The van der Waals surface area contributed by atoms with Gasteiger partial charge in [-0.1, -0.05) is 28.1 Å². The van der Waals surface area contributed by atoms with E-state index in [1.54, 1.807) is 22.6 Å². The molecule has 1 saturated heterocycles. The van der Waals surface area contributed by atoms with Crippen molar-refractivity contribution in [3.8, 4) is 11.1 Å². The standard InChI is InChI=1S/C19H19BrN4OS/c1-23(2)19(25)15-4-3-9-24(15)17-16-14(10-26-18(16)22-11-21-17)12-5-7-13(20)8-6-12/h5-8,10-11,15H,3-4,9H2,1-2H3/t15-/m1/s1. The minimum absolute atomic E-state index is 0.134. The first kappa shape index (κ1) is 17.4. The first-order valence-electron chi connectivity index (χ1n) is 8.52. The Morgan fingerprint density at radius 3 is 2.77 bits per heavy atom. The van der Waals surface area contributed by atoms with Crippen LogP contribution in [0.5, 0.6) is 0 Å². The Morgan fingerprint density at radius 2 is 2.04 bits per heavy atom. The SMILES string of the molecule is CN(C)C(=O)[C@H]1CCCN1c1ncnc2scc(-c3ccc(Br)cc3)c12. The molecule has 134 valence electrons. The van der Waals surface area contributed by atoms with Gasteiger partial charge >= 0.3 is 0 Å². The van der Waals surface area contributed by atoms with Crippen LogP contribution in [0.4, 0.5) is 5.82 Å². The van der Waals surface area contributed by atoms with Gasteiger partial charge in [0.2, 0.25) is 5.91 Å². The van der Waals surface area contributed by atoms with Crippen molar-refractivity contribution >= 4 is 49.2 Å². The normalized spacial score (nSPS) is 17.0. The topological polar surface area (TPSA) is 49.3 Å². The molecule has 26 heavy (non-hydrogen) atoms. The van der Waals surface area contributed by atoms with Gasteiger partial charge < -0.3 is 9.80 Å². The molecule has 1 amide bonds. The molecule has 1 aromatic carbocycles. The number of thiophene rings is 1. The molecule has 7 heteroatoms. The van der Waals surface area contributed by atoms with Crippen molar-refractivity contribution in [3.05, 3.63) is 40.4 Å². The van der Waals surface area contributed by atoms with Crippen LogP contribution in [0.2, 0.25) is 0 Å². The van der Waals surface area contributed by atoms with E-state index >= 15 is 0 Å². The quantitative estimate of drug-likeness (QED) is 0.625. The fourth-order valence-corrected chi connectivity index (χ4v) is 4.67. The molecule has 0 unspecified atom stereocenters. The lowest BCUT2D eigenvalue weighted by Gasteiger charge is -2.27. The third kappa shape index (κ3) is 2.99. The lowest BCUT2D eigenvalue weighted by molar-refractivity contribution is -0.129. The molecule has 0 saturated carbocycles. The van der Waals surface area contributed by atoms with Gasteiger partial charge in [-0.15, -0.1) is 11.3 Å². The van der Waals surface area contributed by atoms with Gasteiger partial charge in [0.15, 0.2) is 0 Å². The molecule has 0 spiro atoms. The van der Waals surface area contributed by atoms with Crippen LogP contribution in [0.15, 0.2) is 40.4 Å². The molecule has 0 bridgehead atoms. The highest BCUT2D eigenvalue weighted by Gasteiger charge is 2.34. The van der Waals surface area contributed by atoms with Gasteiger partial charge in [0.25, 0.3) is 0 Å². The third-order valence-corrected chi connectivity index (χ3v) is 6.17. The Balaban J connectivity index is 1.84. The van der Waals surface area contributed by atoms with Crippen LogP contribution in [0.3, 0.4) is 0 Å². The predicted octanol–water partition coefficient (Wildman–Crippen LogP) is 4.18. The Bertz CT molecular complexity index is 954. The van der Waals surface area contributed by atoms with Gasteiger partial charge in [-0.2, -0.15) is 0 Å². The first-order valence-corrected chi connectivity index (χ1v) is 10.2. The fourth-order valence-electron chi connectivity index (χ4n) is 3.49. The number of amides is 1. The third-order valence-electron chi connectivity index (χ3n) is 4.76. The van der Waals surface area contributed by atoms with Crippen molar-refractivity contribution in [1.82, 2.24) is 14.9 Å². The van der Waals surface area contributed by atoms with Crippen molar-refractivity contribution in [2.45, 2.75) is 18.9 Å². The fraction of sp³-hybridized carbons (Fsp3) is 0.316. The van der Waals surface area contributed by atoms with E-state index in [1.807, 2.05) is 26.2 Å². The summed E-state index contributed by atoms with van der Waals surface area (Å²) in [7, 11) is 3.62. The predicted molar refractivity (Wildman–Crippen MR) is 110 cm³/mol. The summed E-state index contributed by atoms with van der Waals surface area (Å²) in [5.41, 5.74) is 2.25. The number of carbonyl (C=O) groups excluding carboxylic acids is 1. The molecule has 5 nitrogen and oxygen atoms in total. The number of aromatic nitrogens is 2. The molecule has 1 aliphatic heterocycles. The summed E-state index contributed by atoms with van der Waals surface area (Å²) in [4.78, 5) is 26.5. The van der Waals surface area contributed by atoms with Crippen LogP contribution < -0.4 is 4.90 Å². The average molecular weight is 431 g/mol. The number of hydrogen-bond donors (Lipinski definition) is 0. The van der Waals surface area contributed by atoms with E-state index < -0.39 is 0 Å². The van der Waals surface area contributed by atoms with Crippen molar-refractivity contribution in [2.24, 2.45) is 0 Å². The lowest BCUT2D eigenvalue weighted by atomic mass is 10.1. The first-order chi connectivity index (χ1) is 12.6. The van der Waals surface area contributed by atoms with Crippen molar-refractivity contribution in [1.29, 1.82) is 0 Å². The maximum Gasteiger partial charge on any atom is 0.244 e. The van der Waals surface area contributed by atoms with E-state index in [-0.39, 0.29) is 11.9 Å². The zero-order valence-electron chi connectivity index (χ0n) is 14.6. The molecule has 4 rings (SSSR count). The highest BCUT2D eigenvalue weighted by molar-refractivity contribution is 9.10. The largest absolute Gasteiger partial charge is 0.347 e. The number of likely N-dealkylation sites (N-methyl/N-ethyl adjacent to an activating group) is 1. The van der Waals surface area contributed by atoms with Gasteiger partial charge in [-0.05, 0) is 30.5 Å². The molecule has 3 heterocycles.